The summed E-state index contributed by atoms with van der Waals surface area (Å²) < 4.78 is 11.0. The zero-order valence-corrected chi connectivity index (χ0v) is 18.9. The number of hydrogen-bond donors (Lipinski definition) is 0. The predicted octanol–water partition coefficient (Wildman–Crippen LogP) is 4.88. The molecule has 32 heavy (non-hydrogen) atoms. The summed E-state index contributed by atoms with van der Waals surface area (Å²) in [7, 11) is 1.68. The van der Waals surface area contributed by atoms with E-state index in [0.29, 0.717) is 24.6 Å². The van der Waals surface area contributed by atoms with E-state index in [-0.39, 0.29) is 11.8 Å². The van der Waals surface area contributed by atoms with Crippen LogP contribution in [0.15, 0.2) is 54.7 Å². The van der Waals surface area contributed by atoms with Crippen molar-refractivity contribution in [2.45, 2.75) is 32.6 Å². The molecule has 0 aliphatic carbocycles. The maximum Gasteiger partial charge on any atom is 0.259 e. The highest BCUT2D eigenvalue weighted by Crippen LogP contribution is 2.32. The summed E-state index contributed by atoms with van der Waals surface area (Å²) in [5.41, 5.74) is 4.72. The van der Waals surface area contributed by atoms with Gasteiger partial charge in [0, 0.05) is 36.6 Å². The Hall–Kier alpha value is -3.41. The number of ether oxygens (including phenoxy) is 2. The Labute approximate surface area is 189 Å². The Bertz CT molecular complexity index is 1100. The number of carbonyl (C=O) groups is 1. The van der Waals surface area contributed by atoms with Gasteiger partial charge in [0.1, 0.15) is 11.3 Å². The van der Waals surface area contributed by atoms with Crippen molar-refractivity contribution in [2.75, 3.05) is 26.8 Å². The van der Waals surface area contributed by atoms with Gasteiger partial charge in [0.15, 0.2) is 0 Å². The van der Waals surface area contributed by atoms with E-state index < -0.39 is 0 Å². The van der Waals surface area contributed by atoms with Crippen LogP contribution in [0.3, 0.4) is 0 Å². The predicted molar refractivity (Wildman–Crippen MR) is 124 cm³/mol. The lowest BCUT2D eigenvalue weighted by molar-refractivity contribution is 0.0700. The zero-order valence-electron chi connectivity index (χ0n) is 18.9. The van der Waals surface area contributed by atoms with Crippen LogP contribution in [0.25, 0.3) is 11.1 Å². The van der Waals surface area contributed by atoms with Crippen molar-refractivity contribution in [2.24, 2.45) is 0 Å². The fourth-order valence-corrected chi connectivity index (χ4v) is 4.25. The molecule has 0 bridgehead atoms. The summed E-state index contributed by atoms with van der Waals surface area (Å²) in [6.45, 7) is 5.74. The molecule has 1 saturated heterocycles. The lowest BCUT2D eigenvalue weighted by Crippen LogP contribution is -2.39. The molecule has 0 unspecified atom stereocenters. The number of aromatic nitrogens is 2. The molecule has 0 spiro atoms. The van der Waals surface area contributed by atoms with Crippen LogP contribution in [-0.2, 0) is 0 Å². The molecule has 0 saturated carbocycles. The van der Waals surface area contributed by atoms with Gasteiger partial charge in [0.2, 0.25) is 5.88 Å². The topological polar surface area (TPSA) is 64.5 Å². The molecular weight excluding hydrogens is 402 g/mol. The Morgan fingerprint density at radius 3 is 2.84 bits per heavy atom. The third kappa shape index (κ3) is 4.74. The lowest BCUT2D eigenvalue weighted by atomic mass is 9.92. The van der Waals surface area contributed by atoms with Crippen molar-refractivity contribution in [1.29, 1.82) is 0 Å². The monoisotopic (exact) mass is 431 g/mol. The second-order valence-corrected chi connectivity index (χ2v) is 8.03. The van der Waals surface area contributed by atoms with E-state index in [9.17, 15) is 4.79 Å². The molecule has 3 heterocycles. The van der Waals surface area contributed by atoms with Crippen molar-refractivity contribution in [3.63, 3.8) is 0 Å². The number of nitrogens with zero attached hydrogens (tertiary/aromatic N) is 3. The summed E-state index contributed by atoms with van der Waals surface area (Å²) in [6.07, 6.45) is 3.59. The third-order valence-corrected chi connectivity index (χ3v) is 5.79. The third-order valence-electron chi connectivity index (χ3n) is 5.79. The number of likely N-dealkylation sites (tertiary alicyclic amines) is 1. The first-order valence-electron chi connectivity index (χ1n) is 11.1. The number of piperidine rings is 1. The Balaban J connectivity index is 1.58. The summed E-state index contributed by atoms with van der Waals surface area (Å²) in [5.74, 6) is 1.38. The van der Waals surface area contributed by atoms with Crippen molar-refractivity contribution >= 4 is 5.91 Å². The highest BCUT2D eigenvalue weighted by atomic mass is 16.5. The van der Waals surface area contributed by atoms with Gasteiger partial charge < -0.3 is 14.4 Å². The number of carbonyl (C=O) groups excluding carboxylic acids is 1. The molecule has 4 rings (SSSR count). The molecule has 3 aromatic rings. The van der Waals surface area contributed by atoms with E-state index in [2.05, 4.69) is 23.2 Å². The maximum absolute atomic E-state index is 13.3. The van der Waals surface area contributed by atoms with Crippen LogP contribution in [0.5, 0.6) is 11.6 Å². The smallest absolute Gasteiger partial charge is 0.259 e. The van der Waals surface area contributed by atoms with E-state index in [1.165, 1.54) is 0 Å². The minimum absolute atomic E-state index is 0.0353. The Morgan fingerprint density at radius 2 is 2.03 bits per heavy atom. The highest BCUT2D eigenvalue weighted by molar-refractivity contribution is 5.96. The summed E-state index contributed by atoms with van der Waals surface area (Å²) in [4.78, 5) is 24.2. The first kappa shape index (κ1) is 21.8. The number of amides is 1. The van der Waals surface area contributed by atoms with Crippen LogP contribution in [-0.4, -0.2) is 47.6 Å². The van der Waals surface area contributed by atoms with Gasteiger partial charge in [-0.2, -0.15) is 0 Å². The standard InChI is InChI=1S/C26H29N3O3/c1-4-32-25-23(11-6-12-27-25)26(30)29-13-7-9-20(17-29)24-16-21(14-18(2)28-24)19-8-5-10-22(15-19)31-3/h5-6,8,10-12,14-16,20H,4,7,9,13,17H2,1-3H3/t20-/m0/s1. The molecule has 1 atom stereocenters. The molecular formula is C26H29N3O3. The first-order chi connectivity index (χ1) is 15.6. The first-order valence-corrected chi connectivity index (χ1v) is 11.1. The summed E-state index contributed by atoms with van der Waals surface area (Å²) in [5, 5.41) is 0. The van der Waals surface area contributed by atoms with Gasteiger partial charge >= 0.3 is 0 Å². The van der Waals surface area contributed by atoms with Crippen LogP contribution in [0.2, 0.25) is 0 Å². The van der Waals surface area contributed by atoms with Crippen molar-refractivity contribution in [1.82, 2.24) is 14.9 Å². The fourth-order valence-electron chi connectivity index (χ4n) is 4.25. The minimum atomic E-state index is -0.0353. The van der Waals surface area contributed by atoms with E-state index in [0.717, 1.165) is 47.7 Å². The second kappa shape index (κ2) is 9.81. The van der Waals surface area contributed by atoms with Gasteiger partial charge in [0.25, 0.3) is 5.91 Å². The highest BCUT2D eigenvalue weighted by Gasteiger charge is 2.28. The number of benzene rings is 1. The normalized spacial score (nSPS) is 16.0. The molecule has 1 aromatic carbocycles. The van der Waals surface area contributed by atoms with Crippen LogP contribution >= 0.6 is 0 Å². The molecule has 6 heteroatoms. The summed E-state index contributed by atoms with van der Waals surface area (Å²) >= 11 is 0. The van der Waals surface area contributed by atoms with Crippen LogP contribution in [0.1, 0.15) is 47.4 Å². The van der Waals surface area contributed by atoms with Gasteiger partial charge in [-0.3, -0.25) is 9.78 Å². The van der Waals surface area contributed by atoms with Crippen molar-refractivity contribution in [3.05, 3.63) is 71.7 Å². The molecule has 2 aromatic heterocycles. The molecule has 1 aliphatic rings. The van der Waals surface area contributed by atoms with E-state index >= 15 is 0 Å². The molecule has 1 amide bonds. The number of hydrogen-bond acceptors (Lipinski definition) is 5. The number of rotatable bonds is 6. The van der Waals surface area contributed by atoms with Gasteiger partial charge in [-0.05, 0) is 74.2 Å². The van der Waals surface area contributed by atoms with Crippen LogP contribution in [0, 0.1) is 6.92 Å². The van der Waals surface area contributed by atoms with Gasteiger partial charge in [-0.1, -0.05) is 12.1 Å². The number of aryl methyl sites for hydroxylation is 1. The van der Waals surface area contributed by atoms with E-state index in [1.807, 2.05) is 36.9 Å². The largest absolute Gasteiger partial charge is 0.497 e. The average Bonchev–Trinajstić information content (AvgIpc) is 2.84. The van der Waals surface area contributed by atoms with Crippen molar-refractivity contribution < 1.29 is 14.3 Å². The Morgan fingerprint density at radius 1 is 1.16 bits per heavy atom. The number of methoxy groups -OCH3 is 1. The molecule has 1 aliphatic heterocycles. The van der Waals surface area contributed by atoms with Crippen molar-refractivity contribution in [3.8, 4) is 22.8 Å². The van der Waals surface area contributed by atoms with E-state index in [1.54, 1.807) is 25.4 Å². The molecule has 0 radical (unpaired) electrons. The van der Waals surface area contributed by atoms with Gasteiger partial charge in [-0.15, -0.1) is 0 Å². The lowest BCUT2D eigenvalue weighted by Gasteiger charge is -2.33. The van der Waals surface area contributed by atoms with E-state index in [4.69, 9.17) is 14.5 Å². The number of pyridine rings is 2. The molecule has 6 nitrogen and oxygen atoms in total. The fraction of sp³-hybridized carbons (Fsp3) is 0.346. The van der Waals surface area contributed by atoms with Crippen LogP contribution < -0.4 is 9.47 Å². The maximum atomic E-state index is 13.3. The summed E-state index contributed by atoms with van der Waals surface area (Å²) in [6, 6.07) is 15.9. The Kier molecular flexibility index (Phi) is 6.69. The van der Waals surface area contributed by atoms with Gasteiger partial charge in [0.05, 0.1) is 13.7 Å². The quantitative estimate of drug-likeness (QED) is 0.557. The molecule has 1 fully saturated rings. The molecule has 0 N–H and O–H groups in total. The zero-order chi connectivity index (χ0) is 22.5. The minimum Gasteiger partial charge on any atom is -0.497 e. The SMILES string of the molecule is CCOc1ncccc1C(=O)N1CCC[C@H](c2cc(-c3cccc(OC)c3)cc(C)n2)C1. The average molecular weight is 432 g/mol. The second-order valence-electron chi connectivity index (χ2n) is 8.03. The van der Waals surface area contributed by atoms with Gasteiger partial charge in [-0.25, -0.2) is 4.98 Å². The molecule has 166 valence electrons. The van der Waals surface area contributed by atoms with Crippen LogP contribution in [0.4, 0.5) is 0 Å².